The van der Waals surface area contributed by atoms with E-state index in [1.807, 2.05) is 31.2 Å². The molecular formula is C15H17N3O3S. The summed E-state index contributed by atoms with van der Waals surface area (Å²) in [6, 6.07) is 7.62. The smallest absolute Gasteiger partial charge is 0.311 e. The lowest BCUT2D eigenvalue weighted by molar-refractivity contribution is -0.139. The monoisotopic (exact) mass is 319 g/mol. The summed E-state index contributed by atoms with van der Waals surface area (Å²) in [4.78, 5) is 15.4. The highest BCUT2D eigenvalue weighted by Crippen LogP contribution is 2.16. The van der Waals surface area contributed by atoms with Crippen LogP contribution in [0.25, 0.3) is 0 Å². The number of carbonyl (C=O) groups excluding carboxylic acids is 1. The van der Waals surface area contributed by atoms with E-state index in [0.29, 0.717) is 17.4 Å². The number of hydrogen-bond donors (Lipinski definition) is 1. The topological polar surface area (TPSA) is 72.8 Å². The predicted octanol–water partition coefficient (Wildman–Crippen LogP) is 2.70. The third-order valence-corrected chi connectivity index (χ3v) is 3.47. The summed E-state index contributed by atoms with van der Waals surface area (Å²) in [7, 11) is 1.36. The molecule has 0 unspecified atom stereocenters. The maximum atomic E-state index is 11.1. The van der Waals surface area contributed by atoms with Crippen LogP contribution >= 0.6 is 11.3 Å². The largest absolute Gasteiger partial charge is 0.494 e. The van der Waals surface area contributed by atoms with Crippen LogP contribution in [0, 0.1) is 0 Å². The Balaban J connectivity index is 1.88. The first-order chi connectivity index (χ1) is 10.7. The van der Waals surface area contributed by atoms with Crippen molar-refractivity contribution in [1.82, 2.24) is 4.98 Å². The quantitative estimate of drug-likeness (QED) is 0.482. The van der Waals surface area contributed by atoms with E-state index in [2.05, 4.69) is 20.2 Å². The highest BCUT2D eigenvalue weighted by atomic mass is 32.1. The van der Waals surface area contributed by atoms with Crippen LogP contribution in [-0.4, -0.2) is 30.9 Å². The first kappa shape index (κ1) is 16.0. The number of nitrogens with one attached hydrogen (secondary N) is 1. The molecule has 0 aliphatic carbocycles. The molecule has 0 saturated carbocycles. The molecule has 0 aliphatic rings. The van der Waals surface area contributed by atoms with Gasteiger partial charge in [0, 0.05) is 5.38 Å². The van der Waals surface area contributed by atoms with Crippen LogP contribution in [0.15, 0.2) is 34.7 Å². The van der Waals surface area contributed by atoms with E-state index in [1.54, 1.807) is 11.6 Å². The molecule has 116 valence electrons. The van der Waals surface area contributed by atoms with Gasteiger partial charge in [0.1, 0.15) is 5.75 Å². The number of esters is 1. The highest BCUT2D eigenvalue weighted by molar-refractivity contribution is 7.13. The zero-order valence-corrected chi connectivity index (χ0v) is 13.2. The zero-order valence-electron chi connectivity index (χ0n) is 12.4. The third kappa shape index (κ3) is 4.85. The van der Waals surface area contributed by atoms with Crippen LogP contribution in [-0.2, 0) is 16.0 Å². The second kappa shape index (κ2) is 8.14. The van der Waals surface area contributed by atoms with Gasteiger partial charge in [0.25, 0.3) is 0 Å². The van der Waals surface area contributed by atoms with Gasteiger partial charge < -0.3 is 9.47 Å². The highest BCUT2D eigenvalue weighted by Gasteiger charge is 2.06. The molecule has 1 N–H and O–H groups in total. The number of thiazole rings is 1. The number of nitrogens with zero attached hydrogens (tertiary/aromatic N) is 2. The summed E-state index contributed by atoms with van der Waals surface area (Å²) in [6.45, 7) is 2.59. The van der Waals surface area contributed by atoms with Crippen molar-refractivity contribution in [1.29, 1.82) is 0 Å². The lowest BCUT2D eigenvalue weighted by Crippen LogP contribution is -2.04. The van der Waals surface area contributed by atoms with Crippen LogP contribution in [0.1, 0.15) is 18.2 Å². The fourth-order valence-corrected chi connectivity index (χ4v) is 2.30. The molecule has 1 aromatic carbocycles. The SMILES string of the molecule is CCOc1ccc(/C=N\Nc2nc(CC(=O)OC)cs2)cc1. The number of hydrogen-bond acceptors (Lipinski definition) is 7. The molecule has 0 aliphatic heterocycles. The zero-order chi connectivity index (χ0) is 15.8. The Kier molecular flexibility index (Phi) is 5.91. The number of anilines is 1. The van der Waals surface area contributed by atoms with E-state index >= 15 is 0 Å². The first-order valence-corrected chi connectivity index (χ1v) is 7.62. The minimum atomic E-state index is -0.310. The maximum Gasteiger partial charge on any atom is 0.311 e. The lowest BCUT2D eigenvalue weighted by Gasteiger charge is -2.01. The normalized spacial score (nSPS) is 10.6. The molecule has 0 amide bonds. The van der Waals surface area contributed by atoms with Crippen molar-refractivity contribution in [3.63, 3.8) is 0 Å². The molecular weight excluding hydrogens is 302 g/mol. The van der Waals surface area contributed by atoms with E-state index in [4.69, 9.17) is 4.74 Å². The molecule has 0 fully saturated rings. The molecule has 1 heterocycles. The second-order valence-corrected chi connectivity index (χ2v) is 5.13. The van der Waals surface area contributed by atoms with E-state index in [1.165, 1.54) is 18.4 Å². The number of rotatable bonds is 7. The fraction of sp³-hybridized carbons (Fsp3) is 0.267. The summed E-state index contributed by atoms with van der Waals surface area (Å²) < 4.78 is 9.97. The predicted molar refractivity (Wildman–Crippen MR) is 86.7 cm³/mol. The summed E-state index contributed by atoms with van der Waals surface area (Å²) in [5, 5.41) is 6.54. The second-order valence-electron chi connectivity index (χ2n) is 4.27. The fourth-order valence-electron chi connectivity index (χ4n) is 1.64. The van der Waals surface area contributed by atoms with Gasteiger partial charge in [-0.15, -0.1) is 11.3 Å². The molecule has 2 aromatic rings. The average Bonchev–Trinajstić information content (AvgIpc) is 2.96. The van der Waals surface area contributed by atoms with Gasteiger partial charge in [0.05, 0.1) is 32.0 Å². The van der Waals surface area contributed by atoms with Crippen molar-refractivity contribution >= 4 is 28.7 Å². The Morgan fingerprint density at radius 2 is 2.18 bits per heavy atom. The van der Waals surface area contributed by atoms with E-state index < -0.39 is 0 Å². The molecule has 6 nitrogen and oxygen atoms in total. The Hall–Kier alpha value is -2.41. The Morgan fingerprint density at radius 3 is 2.86 bits per heavy atom. The van der Waals surface area contributed by atoms with Crippen molar-refractivity contribution in [2.45, 2.75) is 13.3 Å². The Morgan fingerprint density at radius 1 is 1.41 bits per heavy atom. The van der Waals surface area contributed by atoms with Crippen molar-refractivity contribution in [3.8, 4) is 5.75 Å². The van der Waals surface area contributed by atoms with Crippen LogP contribution < -0.4 is 10.2 Å². The number of aromatic nitrogens is 1. The van der Waals surface area contributed by atoms with Gasteiger partial charge in [0.15, 0.2) is 0 Å². The third-order valence-electron chi connectivity index (χ3n) is 2.67. The molecule has 0 radical (unpaired) electrons. The van der Waals surface area contributed by atoms with E-state index in [-0.39, 0.29) is 12.4 Å². The Labute approximate surface area is 132 Å². The Bertz CT molecular complexity index is 638. The molecule has 22 heavy (non-hydrogen) atoms. The van der Waals surface area contributed by atoms with Crippen LogP contribution in [0.5, 0.6) is 5.75 Å². The molecule has 2 rings (SSSR count). The van der Waals surface area contributed by atoms with E-state index in [0.717, 1.165) is 11.3 Å². The molecule has 0 bridgehead atoms. The number of carbonyl (C=O) groups is 1. The van der Waals surface area contributed by atoms with E-state index in [9.17, 15) is 4.79 Å². The minimum absolute atomic E-state index is 0.164. The number of methoxy groups -OCH3 is 1. The van der Waals surface area contributed by atoms with Crippen molar-refractivity contribution in [2.24, 2.45) is 5.10 Å². The van der Waals surface area contributed by atoms with Crippen molar-refractivity contribution in [2.75, 3.05) is 19.1 Å². The molecule has 0 saturated heterocycles. The first-order valence-electron chi connectivity index (χ1n) is 6.74. The van der Waals surface area contributed by atoms with Crippen molar-refractivity contribution < 1.29 is 14.3 Å². The van der Waals surface area contributed by atoms with Gasteiger partial charge in [0.2, 0.25) is 5.13 Å². The molecule has 7 heteroatoms. The summed E-state index contributed by atoms with van der Waals surface area (Å²) in [6.07, 6.45) is 1.86. The number of hydrazone groups is 1. The van der Waals surface area contributed by atoms with Gasteiger partial charge in [-0.25, -0.2) is 4.98 Å². The summed E-state index contributed by atoms with van der Waals surface area (Å²) in [5.74, 6) is 0.523. The average molecular weight is 319 g/mol. The van der Waals surface area contributed by atoms with Gasteiger partial charge in [-0.3, -0.25) is 10.2 Å². The summed E-state index contributed by atoms with van der Waals surface area (Å²) >= 11 is 1.38. The number of benzene rings is 1. The molecule has 1 aromatic heterocycles. The minimum Gasteiger partial charge on any atom is -0.494 e. The molecule has 0 spiro atoms. The summed E-state index contributed by atoms with van der Waals surface area (Å²) in [5.41, 5.74) is 4.45. The number of ether oxygens (including phenoxy) is 2. The van der Waals surface area contributed by atoms with Gasteiger partial charge in [-0.05, 0) is 36.8 Å². The maximum absolute atomic E-state index is 11.1. The van der Waals surface area contributed by atoms with Crippen LogP contribution in [0.4, 0.5) is 5.13 Å². The van der Waals surface area contributed by atoms with Gasteiger partial charge in [-0.2, -0.15) is 5.10 Å². The van der Waals surface area contributed by atoms with Crippen molar-refractivity contribution in [3.05, 3.63) is 40.9 Å². The van der Waals surface area contributed by atoms with Gasteiger partial charge in [-0.1, -0.05) is 0 Å². The standard InChI is InChI=1S/C15H17N3O3S/c1-3-21-13-6-4-11(5-7-13)9-16-18-15-17-12(10-22-15)8-14(19)20-2/h4-7,9-10H,3,8H2,1-2H3,(H,17,18)/b16-9-. The molecule has 0 atom stereocenters. The van der Waals surface area contributed by atoms with Gasteiger partial charge >= 0.3 is 5.97 Å². The lowest BCUT2D eigenvalue weighted by atomic mass is 10.2. The van der Waals surface area contributed by atoms with Crippen LogP contribution in [0.2, 0.25) is 0 Å². The van der Waals surface area contributed by atoms with Crippen LogP contribution in [0.3, 0.4) is 0 Å².